The van der Waals surface area contributed by atoms with Gasteiger partial charge in [-0.1, -0.05) is 26.0 Å². The molecule has 1 aromatic rings. The minimum atomic E-state index is -0.353. The second-order valence-electron chi connectivity index (χ2n) is 5.18. The van der Waals surface area contributed by atoms with Crippen LogP contribution in [-0.4, -0.2) is 30.3 Å². The summed E-state index contributed by atoms with van der Waals surface area (Å²) in [5.41, 5.74) is 1.05. The fraction of sp³-hybridized carbons (Fsp3) is 0.533. The average Bonchev–Trinajstić information content (AvgIpc) is 2.35. The van der Waals surface area contributed by atoms with Gasteiger partial charge in [-0.25, -0.2) is 0 Å². The molecular formula is C15H23NO3. The van der Waals surface area contributed by atoms with Crippen molar-refractivity contribution in [3.05, 3.63) is 29.8 Å². The highest BCUT2D eigenvalue weighted by atomic mass is 16.5. The largest absolute Gasteiger partial charge is 0.484 e. The number of ether oxygens (including phenoxy) is 1. The average molecular weight is 265 g/mol. The van der Waals surface area contributed by atoms with Crippen molar-refractivity contribution in [2.75, 3.05) is 13.2 Å². The third-order valence-corrected chi connectivity index (χ3v) is 2.53. The lowest BCUT2D eigenvalue weighted by atomic mass is 10.1. The van der Waals surface area contributed by atoms with Crippen LogP contribution in [0.1, 0.15) is 26.3 Å². The first-order valence-electron chi connectivity index (χ1n) is 6.64. The highest BCUT2D eigenvalue weighted by Gasteiger charge is 2.04. The van der Waals surface area contributed by atoms with Crippen LogP contribution in [0.25, 0.3) is 0 Å². The summed E-state index contributed by atoms with van der Waals surface area (Å²) in [6.45, 7) is 6.53. The van der Waals surface area contributed by atoms with E-state index in [4.69, 9.17) is 4.74 Å². The van der Waals surface area contributed by atoms with Crippen LogP contribution in [0.4, 0.5) is 0 Å². The number of rotatable bonds is 7. The Bertz CT molecular complexity index is 385. The fourth-order valence-corrected chi connectivity index (χ4v) is 1.58. The number of hydrogen-bond acceptors (Lipinski definition) is 3. The van der Waals surface area contributed by atoms with Gasteiger partial charge in [0.25, 0.3) is 5.91 Å². The Morgan fingerprint density at radius 3 is 2.42 bits per heavy atom. The molecular weight excluding hydrogens is 242 g/mol. The first-order chi connectivity index (χ1) is 8.97. The Labute approximate surface area is 114 Å². The van der Waals surface area contributed by atoms with E-state index in [1.165, 1.54) is 0 Å². The molecule has 0 bridgehead atoms. The maximum atomic E-state index is 11.5. The van der Waals surface area contributed by atoms with Gasteiger partial charge in [-0.05, 0) is 37.0 Å². The maximum Gasteiger partial charge on any atom is 0.257 e. The third kappa shape index (κ3) is 6.82. The lowest BCUT2D eigenvalue weighted by Crippen LogP contribution is -2.31. The summed E-state index contributed by atoms with van der Waals surface area (Å²) in [7, 11) is 0. The second-order valence-corrected chi connectivity index (χ2v) is 5.18. The molecule has 19 heavy (non-hydrogen) atoms. The van der Waals surface area contributed by atoms with E-state index in [9.17, 15) is 9.90 Å². The first-order valence-corrected chi connectivity index (χ1v) is 6.64. The number of nitrogens with one attached hydrogen (secondary N) is 1. The zero-order valence-electron chi connectivity index (χ0n) is 11.8. The Kier molecular flexibility index (Phi) is 6.36. The third-order valence-electron chi connectivity index (χ3n) is 2.53. The number of aliphatic hydroxyl groups excluding tert-OH is 1. The van der Waals surface area contributed by atoms with Crippen molar-refractivity contribution in [1.82, 2.24) is 5.32 Å². The molecule has 4 nitrogen and oxygen atoms in total. The molecule has 2 N–H and O–H groups in total. The Morgan fingerprint density at radius 2 is 1.89 bits per heavy atom. The second kappa shape index (κ2) is 7.79. The van der Waals surface area contributed by atoms with Crippen molar-refractivity contribution in [2.45, 2.75) is 33.3 Å². The predicted octanol–water partition coefficient (Wildman–Crippen LogP) is 1.76. The number of amides is 1. The molecule has 0 saturated carbocycles. The van der Waals surface area contributed by atoms with Crippen molar-refractivity contribution in [3.63, 3.8) is 0 Å². The summed E-state index contributed by atoms with van der Waals surface area (Å²) in [6.07, 6.45) is 0.267. The lowest BCUT2D eigenvalue weighted by Gasteiger charge is -2.10. The Morgan fingerprint density at radius 1 is 1.26 bits per heavy atom. The van der Waals surface area contributed by atoms with E-state index in [0.717, 1.165) is 5.56 Å². The smallest absolute Gasteiger partial charge is 0.257 e. The molecule has 106 valence electrons. The van der Waals surface area contributed by atoms with Crippen LogP contribution >= 0.6 is 0 Å². The van der Waals surface area contributed by atoms with Crippen molar-refractivity contribution < 1.29 is 14.6 Å². The SMILES string of the molecule is CC(C)CNC(=O)COc1ccc(CC(C)O)cc1. The number of aliphatic hydroxyl groups is 1. The molecule has 0 spiro atoms. The molecule has 4 heteroatoms. The topological polar surface area (TPSA) is 58.6 Å². The minimum absolute atomic E-state index is 0.0302. The van der Waals surface area contributed by atoms with E-state index in [-0.39, 0.29) is 18.6 Å². The van der Waals surface area contributed by atoms with Crippen molar-refractivity contribution in [3.8, 4) is 5.75 Å². The van der Waals surface area contributed by atoms with Gasteiger partial charge < -0.3 is 15.2 Å². The molecule has 0 aliphatic heterocycles. The van der Waals surface area contributed by atoms with E-state index in [1.807, 2.05) is 38.1 Å². The highest BCUT2D eigenvalue weighted by molar-refractivity contribution is 5.77. The molecule has 0 saturated heterocycles. The molecule has 1 aromatic carbocycles. The quantitative estimate of drug-likeness (QED) is 0.790. The Balaban J connectivity index is 2.35. The van der Waals surface area contributed by atoms with Crippen molar-refractivity contribution in [1.29, 1.82) is 0 Å². The van der Waals surface area contributed by atoms with Gasteiger partial charge in [-0.3, -0.25) is 4.79 Å². The van der Waals surface area contributed by atoms with E-state index in [2.05, 4.69) is 5.32 Å². The van der Waals surface area contributed by atoms with Crippen LogP contribution in [0, 0.1) is 5.92 Å². The lowest BCUT2D eigenvalue weighted by molar-refractivity contribution is -0.123. The van der Waals surface area contributed by atoms with Crippen molar-refractivity contribution >= 4 is 5.91 Å². The summed E-state index contributed by atoms with van der Waals surface area (Å²) in [5, 5.41) is 12.1. The summed E-state index contributed by atoms with van der Waals surface area (Å²) >= 11 is 0. The zero-order chi connectivity index (χ0) is 14.3. The van der Waals surface area contributed by atoms with Gasteiger partial charge in [-0.15, -0.1) is 0 Å². The highest BCUT2D eigenvalue weighted by Crippen LogP contribution is 2.13. The molecule has 0 fully saturated rings. The van der Waals surface area contributed by atoms with E-state index in [1.54, 1.807) is 6.92 Å². The van der Waals surface area contributed by atoms with Gasteiger partial charge in [-0.2, -0.15) is 0 Å². The number of hydrogen-bond donors (Lipinski definition) is 2. The van der Waals surface area contributed by atoms with Crippen LogP contribution < -0.4 is 10.1 Å². The Hall–Kier alpha value is -1.55. The summed E-state index contributed by atoms with van der Waals surface area (Å²) < 4.78 is 5.39. The predicted molar refractivity (Wildman–Crippen MR) is 75.2 cm³/mol. The molecule has 1 amide bonds. The normalized spacial score (nSPS) is 12.3. The monoisotopic (exact) mass is 265 g/mol. The van der Waals surface area contributed by atoms with Crippen LogP contribution in [0.3, 0.4) is 0 Å². The molecule has 0 aliphatic carbocycles. The summed E-state index contributed by atoms with van der Waals surface area (Å²) in [5.74, 6) is 0.986. The van der Waals surface area contributed by atoms with Gasteiger partial charge >= 0.3 is 0 Å². The summed E-state index contributed by atoms with van der Waals surface area (Å²) in [4.78, 5) is 11.5. The minimum Gasteiger partial charge on any atom is -0.484 e. The van der Waals surface area contributed by atoms with E-state index in [0.29, 0.717) is 24.6 Å². The molecule has 0 aliphatic rings. The van der Waals surface area contributed by atoms with Gasteiger partial charge in [0.05, 0.1) is 6.10 Å². The molecule has 0 aromatic heterocycles. The molecule has 0 heterocycles. The van der Waals surface area contributed by atoms with Gasteiger partial charge in [0.2, 0.25) is 0 Å². The standard InChI is InChI=1S/C15H23NO3/c1-11(2)9-16-15(18)10-19-14-6-4-13(5-7-14)8-12(3)17/h4-7,11-12,17H,8-10H2,1-3H3,(H,16,18). The van der Waals surface area contributed by atoms with Crippen molar-refractivity contribution in [2.24, 2.45) is 5.92 Å². The number of carbonyl (C=O) groups excluding carboxylic acids is 1. The molecule has 1 rings (SSSR count). The summed E-state index contributed by atoms with van der Waals surface area (Å²) in [6, 6.07) is 7.42. The van der Waals surface area contributed by atoms with Crippen LogP contribution in [0.2, 0.25) is 0 Å². The fourth-order valence-electron chi connectivity index (χ4n) is 1.58. The van der Waals surface area contributed by atoms with Gasteiger partial charge in [0.15, 0.2) is 6.61 Å². The van der Waals surface area contributed by atoms with E-state index >= 15 is 0 Å². The molecule has 1 atom stereocenters. The molecule has 0 radical (unpaired) electrons. The van der Waals surface area contributed by atoms with Crippen LogP contribution in [0.15, 0.2) is 24.3 Å². The van der Waals surface area contributed by atoms with Gasteiger partial charge in [0.1, 0.15) is 5.75 Å². The van der Waals surface area contributed by atoms with Gasteiger partial charge in [0, 0.05) is 6.54 Å². The number of carbonyl (C=O) groups is 1. The van der Waals surface area contributed by atoms with Crippen LogP contribution in [0.5, 0.6) is 5.75 Å². The first kappa shape index (κ1) is 15.5. The number of benzene rings is 1. The maximum absolute atomic E-state index is 11.5. The zero-order valence-corrected chi connectivity index (χ0v) is 11.8. The van der Waals surface area contributed by atoms with Crippen LogP contribution in [-0.2, 0) is 11.2 Å². The van der Waals surface area contributed by atoms with E-state index < -0.39 is 0 Å². The molecule has 1 unspecified atom stereocenters.